The van der Waals surface area contributed by atoms with Gasteiger partial charge in [-0.05, 0) is 25.0 Å². The van der Waals surface area contributed by atoms with Crippen molar-refractivity contribution < 1.29 is 13.5 Å². The van der Waals surface area contributed by atoms with E-state index in [1.807, 2.05) is 13.8 Å². The van der Waals surface area contributed by atoms with Gasteiger partial charge in [-0.15, -0.1) is 0 Å². The number of nitriles is 1. The highest BCUT2D eigenvalue weighted by molar-refractivity contribution is 5.53. The zero-order valence-electron chi connectivity index (χ0n) is 12.1. The summed E-state index contributed by atoms with van der Waals surface area (Å²) in [4.78, 5) is 1.69. The van der Waals surface area contributed by atoms with E-state index in [2.05, 4.69) is 0 Å². The lowest BCUT2D eigenvalue weighted by Crippen LogP contribution is -2.38. The first kappa shape index (κ1) is 16.4. The van der Waals surface area contributed by atoms with Crippen LogP contribution < -0.4 is 4.90 Å². The number of halogens is 2. The van der Waals surface area contributed by atoms with Crippen LogP contribution in [-0.2, 0) is 4.74 Å². The van der Waals surface area contributed by atoms with Gasteiger partial charge in [0.1, 0.15) is 5.69 Å². The summed E-state index contributed by atoms with van der Waals surface area (Å²) in [6, 6.07) is 3.92. The summed E-state index contributed by atoms with van der Waals surface area (Å²) >= 11 is 0. The molecule has 110 valence electrons. The number of hydrogen-bond acceptors (Lipinski definition) is 3. The second-order valence-corrected chi connectivity index (χ2v) is 4.56. The van der Waals surface area contributed by atoms with E-state index in [0.29, 0.717) is 13.2 Å². The number of hydrogen-bond donors (Lipinski definition) is 0. The van der Waals surface area contributed by atoms with Crippen molar-refractivity contribution in [3.63, 3.8) is 0 Å². The fraction of sp³-hybridized carbons (Fsp3) is 0.533. The molecule has 1 aromatic carbocycles. The molecule has 0 bridgehead atoms. The van der Waals surface area contributed by atoms with Crippen LogP contribution in [-0.4, -0.2) is 26.3 Å². The second-order valence-electron chi connectivity index (χ2n) is 4.56. The van der Waals surface area contributed by atoms with E-state index < -0.39 is 11.6 Å². The monoisotopic (exact) mass is 282 g/mol. The van der Waals surface area contributed by atoms with Crippen LogP contribution in [0.3, 0.4) is 0 Å². The van der Waals surface area contributed by atoms with E-state index in [1.165, 1.54) is 0 Å². The van der Waals surface area contributed by atoms with Crippen LogP contribution in [0.15, 0.2) is 12.1 Å². The highest BCUT2D eigenvalue weighted by Crippen LogP contribution is 2.28. The minimum Gasteiger partial charge on any atom is -0.383 e. The van der Waals surface area contributed by atoms with Gasteiger partial charge in [-0.25, -0.2) is 8.78 Å². The Bertz CT molecular complexity index is 458. The van der Waals surface area contributed by atoms with Crippen LogP contribution in [0, 0.1) is 23.0 Å². The maximum Gasteiger partial charge on any atom is 0.150 e. The van der Waals surface area contributed by atoms with Crippen LogP contribution in [0.1, 0.15) is 32.3 Å². The summed E-state index contributed by atoms with van der Waals surface area (Å²) in [5, 5.41) is 8.74. The van der Waals surface area contributed by atoms with Gasteiger partial charge in [-0.1, -0.05) is 13.8 Å². The first-order chi connectivity index (χ1) is 9.58. The average molecular weight is 282 g/mol. The highest BCUT2D eigenvalue weighted by Gasteiger charge is 2.23. The highest BCUT2D eigenvalue weighted by atomic mass is 19.1. The van der Waals surface area contributed by atoms with Crippen LogP contribution in [0.5, 0.6) is 0 Å². The van der Waals surface area contributed by atoms with E-state index in [1.54, 1.807) is 18.1 Å². The van der Waals surface area contributed by atoms with Gasteiger partial charge in [0, 0.05) is 19.7 Å². The molecule has 1 rings (SSSR count). The van der Waals surface area contributed by atoms with Gasteiger partial charge in [0.15, 0.2) is 11.6 Å². The van der Waals surface area contributed by atoms with Gasteiger partial charge in [0.25, 0.3) is 0 Å². The molecule has 1 aromatic rings. The normalized spacial score (nSPS) is 10.7. The minimum absolute atomic E-state index is 0.0139. The predicted octanol–water partition coefficient (Wildman–Crippen LogP) is 3.48. The molecule has 0 aromatic heterocycles. The van der Waals surface area contributed by atoms with Crippen molar-refractivity contribution in [2.24, 2.45) is 0 Å². The van der Waals surface area contributed by atoms with Crippen LogP contribution in [0.2, 0.25) is 0 Å². The van der Waals surface area contributed by atoms with Crippen LogP contribution in [0.25, 0.3) is 0 Å². The molecule has 0 unspecified atom stereocenters. The Balaban J connectivity index is 3.22. The Morgan fingerprint density at radius 2 is 1.80 bits per heavy atom. The smallest absolute Gasteiger partial charge is 0.150 e. The fourth-order valence-electron chi connectivity index (χ4n) is 2.30. The molecule has 0 spiro atoms. The summed E-state index contributed by atoms with van der Waals surface area (Å²) in [5.74, 6) is -1.41. The van der Waals surface area contributed by atoms with Gasteiger partial charge < -0.3 is 9.64 Å². The Morgan fingerprint density at radius 1 is 1.25 bits per heavy atom. The first-order valence-electron chi connectivity index (χ1n) is 6.73. The van der Waals surface area contributed by atoms with E-state index in [9.17, 15) is 8.78 Å². The molecule has 0 aliphatic heterocycles. The third-order valence-corrected chi connectivity index (χ3v) is 3.35. The number of ether oxygens (including phenoxy) is 1. The molecule has 5 heteroatoms. The lowest BCUT2D eigenvalue weighted by molar-refractivity contribution is 0.202. The minimum atomic E-state index is -0.704. The Labute approximate surface area is 118 Å². The topological polar surface area (TPSA) is 36.3 Å². The maximum absolute atomic E-state index is 14.1. The van der Waals surface area contributed by atoms with Gasteiger partial charge in [0.2, 0.25) is 0 Å². The standard InChI is InChI=1S/C15H20F2N2O/c1-4-12(5-2)19(6-7-20-3)15-13(16)8-11(10-18)9-14(15)17/h8-9,12H,4-7H2,1-3H3. The molecule has 3 nitrogen and oxygen atoms in total. The zero-order valence-corrected chi connectivity index (χ0v) is 12.1. The second kappa shape index (κ2) is 7.81. The van der Waals surface area contributed by atoms with Crippen molar-refractivity contribution in [2.75, 3.05) is 25.2 Å². The van der Waals surface area contributed by atoms with Crippen LogP contribution in [0.4, 0.5) is 14.5 Å². The van der Waals surface area contributed by atoms with Gasteiger partial charge >= 0.3 is 0 Å². The van der Waals surface area contributed by atoms with Gasteiger partial charge in [-0.3, -0.25) is 0 Å². The lowest BCUT2D eigenvalue weighted by Gasteiger charge is -2.33. The molecule has 0 aliphatic carbocycles. The van der Waals surface area contributed by atoms with Crippen molar-refractivity contribution in [2.45, 2.75) is 32.7 Å². The van der Waals surface area contributed by atoms with Crippen molar-refractivity contribution >= 4 is 5.69 Å². The third-order valence-electron chi connectivity index (χ3n) is 3.35. The molecule has 0 N–H and O–H groups in total. The van der Waals surface area contributed by atoms with Crippen molar-refractivity contribution in [1.29, 1.82) is 5.26 Å². The summed E-state index contributed by atoms with van der Waals surface area (Å²) < 4.78 is 33.3. The SMILES string of the molecule is CCC(CC)N(CCOC)c1c(F)cc(C#N)cc1F. The Hall–Kier alpha value is -1.67. The number of benzene rings is 1. The van der Waals surface area contributed by atoms with E-state index >= 15 is 0 Å². The Kier molecular flexibility index (Phi) is 6.40. The van der Waals surface area contributed by atoms with E-state index in [4.69, 9.17) is 10.00 Å². The summed E-state index contributed by atoms with van der Waals surface area (Å²) in [7, 11) is 1.55. The van der Waals surface area contributed by atoms with E-state index in [0.717, 1.165) is 25.0 Å². The molecule has 0 radical (unpaired) electrons. The molecule has 0 fully saturated rings. The molecule has 0 atom stereocenters. The van der Waals surface area contributed by atoms with Crippen molar-refractivity contribution in [3.05, 3.63) is 29.3 Å². The molecule has 0 heterocycles. The van der Waals surface area contributed by atoms with Crippen molar-refractivity contribution in [3.8, 4) is 6.07 Å². The number of anilines is 1. The molecular formula is C15H20F2N2O. The maximum atomic E-state index is 14.1. The molecule has 0 aliphatic rings. The molecule has 0 amide bonds. The van der Waals surface area contributed by atoms with Crippen LogP contribution >= 0.6 is 0 Å². The molecule has 0 saturated carbocycles. The Morgan fingerprint density at radius 3 is 2.20 bits per heavy atom. The van der Waals surface area contributed by atoms with Gasteiger partial charge in [0.05, 0.1) is 18.2 Å². The first-order valence-corrected chi connectivity index (χ1v) is 6.73. The number of nitrogens with zero attached hydrogens (tertiary/aromatic N) is 2. The summed E-state index contributed by atoms with van der Waals surface area (Å²) in [5.41, 5.74) is -0.0882. The van der Waals surface area contributed by atoms with E-state index in [-0.39, 0.29) is 17.3 Å². The number of rotatable bonds is 7. The van der Waals surface area contributed by atoms with Gasteiger partial charge in [-0.2, -0.15) is 5.26 Å². The predicted molar refractivity (Wildman–Crippen MR) is 74.7 cm³/mol. The van der Waals surface area contributed by atoms with Crippen molar-refractivity contribution in [1.82, 2.24) is 0 Å². The largest absolute Gasteiger partial charge is 0.383 e. The zero-order chi connectivity index (χ0) is 15.1. The fourth-order valence-corrected chi connectivity index (χ4v) is 2.30. The summed E-state index contributed by atoms with van der Waals surface area (Å²) in [6.45, 7) is 4.75. The number of methoxy groups -OCH3 is 1. The molecule has 20 heavy (non-hydrogen) atoms. The lowest BCUT2D eigenvalue weighted by atomic mass is 10.1. The summed E-state index contributed by atoms with van der Waals surface area (Å²) in [6.07, 6.45) is 1.55. The third kappa shape index (κ3) is 3.67. The molecular weight excluding hydrogens is 262 g/mol. The average Bonchev–Trinajstić information content (AvgIpc) is 2.44. The quantitative estimate of drug-likeness (QED) is 0.768. The molecule has 0 saturated heterocycles.